The summed E-state index contributed by atoms with van der Waals surface area (Å²) >= 11 is 0. The topological polar surface area (TPSA) is 66.5 Å². The molecule has 0 unspecified atom stereocenters. The van der Waals surface area contributed by atoms with Crippen molar-refractivity contribution >= 4 is 12.4 Å². The minimum atomic E-state index is -0.482. The van der Waals surface area contributed by atoms with Crippen molar-refractivity contribution in [2.24, 2.45) is 0 Å². The van der Waals surface area contributed by atoms with E-state index in [1.807, 2.05) is 30.3 Å². The molecule has 0 bridgehead atoms. The summed E-state index contributed by atoms with van der Waals surface area (Å²) in [6.45, 7) is 1.25. The maximum absolute atomic E-state index is 9.51. The lowest BCUT2D eigenvalue weighted by atomic mass is 9.64. The van der Waals surface area contributed by atoms with Crippen molar-refractivity contribution < 1.29 is 14.7 Å². The molecule has 21 heavy (non-hydrogen) atoms. The van der Waals surface area contributed by atoms with E-state index >= 15 is 0 Å². The van der Waals surface area contributed by atoms with Crippen molar-refractivity contribution in [2.45, 2.75) is 6.82 Å². The second-order valence-corrected chi connectivity index (χ2v) is 4.92. The van der Waals surface area contributed by atoms with Crippen LogP contribution in [0.4, 0.5) is 0 Å². The first kappa shape index (κ1) is 13.5. The van der Waals surface area contributed by atoms with Gasteiger partial charge in [-0.25, -0.2) is 0 Å². The van der Waals surface area contributed by atoms with Gasteiger partial charge in [0.15, 0.2) is 5.76 Å². The highest BCUT2D eigenvalue weighted by atomic mass is 16.5. The zero-order chi connectivity index (χ0) is 14.8. The Morgan fingerprint density at radius 1 is 0.952 bits per heavy atom. The molecule has 0 fully saturated rings. The van der Waals surface area contributed by atoms with Gasteiger partial charge >= 0.3 is 6.92 Å². The van der Waals surface area contributed by atoms with E-state index in [9.17, 15) is 10.1 Å². The highest BCUT2D eigenvalue weighted by molar-refractivity contribution is 6.64. The van der Waals surface area contributed by atoms with Gasteiger partial charge in [-0.3, -0.25) is 0 Å². The summed E-state index contributed by atoms with van der Waals surface area (Å²) in [4.78, 5) is 0. The summed E-state index contributed by atoms with van der Waals surface area (Å²) in [6, 6.07) is 16.2. The number of benzene rings is 2. The molecule has 0 saturated heterocycles. The first-order chi connectivity index (χ1) is 10.1. The highest BCUT2D eigenvalue weighted by Gasteiger charge is 2.10. The fourth-order valence-electron chi connectivity index (χ4n) is 2.11. The van der Waals surface area contributed by atoms with Gasteiger partial charge in [-0.05, 0) is 29.7 Å². The molecule has 3 aromatic rings. The number of nitrogens with zero attached hydrogens (tertiary/aromatic N) is 1. The third-order valence-electron chi connectivity index (χ3n) is 3.35. The first-order valence-electron chi connectivity index (χ1n) is 6.68. The summed E-state index contributed by atoms with van der Waals surface area (Å²) in [5, 5.41) is 22.9. The molecule has 2 N–H and O–H groups in total. The monoisotopic (exact) mass is 279 g/mol. The van der Waals surface area contributed by atoms with Crippen LogP contribution < -0.4 is 5.46 Å². The van der Waals surface area contributed by atoms with Crippen molar-refractivity contribution in [2.75, 3.05) is 0 Å². The smallest absolute Gasteiger partial charge is 0.320 e. The molecule has 0 atom stereocenters. The van der Waals surface area contributed by atoms with E-state index in [1.165, 1.54) is 0 Å². The van der Waals surface area contributed by atoms with E-state index in [-0.39, 0.29) is 5.75 Å². The van der Waals surface area contributed by atoms with Gasteiger partial charge in [0.25, 0.3) is 0 Å². The SMILES string of the molecule is CB(O)c1ccc(-c2cc(-c3ccc(O)cc3)on2)cc1. The summed E-state index contributed by atoms with van der Waals surface area (Å²) in [5.41, 5.74) is 3.37. The third-order valence-corrected chi connectivity index (χ3v) is 3.35. The van der Waals surface area contributed by atoms with E-state index in [1.54, 1.807) is 31.1 Å². The van der Waals surface area contributed by atoms with E-state index < -0.39 is 6.92 Å². The van der Waals surface area contributed by atoms with Crippen molar-refractivity contribution in [3.63, 3.8) is 0 Å². The number of aromatic nitrogens is 1. The van der Waals surface area contributed by atoms with Crippen LogP contribution in [0.25, 0.3) is 22.6 Å². The van der Waals surface area contributed by atoms with Crippen LogP contribution in [-0.2, 0) is 0 Å². The Hall–Kier alpha value is -2.53. The molecule has 0 amide bonds. The van der Waals surface area contributed by atoms with Gasteiger partial charge in [0.05, 0.1) is 0 Å². The van der Waals surface area contributed by atoms with Crippen molar-refractivity contribution in [1.29, 1.82) is 0 Å². The predicted molar refractivity (Wildman–Crippen MR) is 82.5 cm³/mol. The molecular weight excluding hydrogens is 265 g/mol. The summed E-state index contributed by atoms with van der Waals surface area (Å²) in [7, 11) is 0. The van der Waals surface area contributed by atoms with Crippen LogP contribution in [0, 0.1) is 0 Å². The Morgan fingerprint density at radius 3 is 2.19 bits per heavy atom. The van der Waals surface area contributed by atoms with Crippen LogP contribution in [0.15, 0.2) is 59.1 Å². The maximum Gasteiger partial charge on any atom is 0.320 e. The van der Waals surface area contributed by atoms with Gasteiger partial charge in [0.1, 0.15) is 11.4 Å². The average molecular weight is 279 g/mol. The molecule has 0 radical (unpaired) electrons. The largest absolute Gasteiger partial charge is 0.508 e. The molecule has 2 aromatic carbocycles. The molecule has 0 aliphatic carbocycles. The van der Waals surface area contributed by atoms with Gasteiger partial charge in [-0.2, -0.15) is 0 Å². The molecule has 0 saturated carbocycles. The van der Waals surface area contributed by atoms with E-state index in [0.29, 0.717) is 5.76 Å². The number of aromatic hydroxyl groups is 1. The molecule has 0 aliphatic rings. The first-order valence-corrected chi connectivity index (χ1v) is 6.68. The molecule has 4 nitrogen and oxygen atoms in total. The van der Waals surface area contributed by atoms with Crippen LogP contribution in [0.5, 0.6) is 5.75 Å². The Balaban J connectivity index is 1.89. The summed E-state index contributed by atoms with van der Waals surface area (Å²) in [5.74, 6) is 0.858. The zero-order valence-corrected chi connectivity index (χ0v) is 11.5. The van der Waals surface area contributed by atoms with E-state index in [2.05, 4.69) is 5.16 Å². The number of phenols is 1. The quantitative estimate of drug-likeness (QED) is 0.723. The van der Waals surface area contributed by atoms with Crippen LogP contribution in [0.1, 0.15) is 0 Å². The summed E-state index contributed by atoms with van der Waals surface area (Å²) in [6.07, 6.45) is 0. The number of rotatable bonds is 3. The Morgan fingerprint density at radius 2 is 1.57 bits per heavy atom. The molecule has 0 spiro atoms. The minimum Gasteiger partial charge on any atom is -0.508 e. The van der Waals surface area contributed by atoms with Crippen LogP contribution in [0.2, 0.25) is 6.82 Å². The van der Waals surface area contributed by atoms with Gasteiger partial charge in [0, 0.05) is 17.2 Å². The molecule has 1 heterocycles. The van der Waals surface area contributed by atoms with E-state index in [4.69, 9.17) is 4.52 Å². The van der Waals surface area contributed by atoms with Crippen molar-refractivity contribution in [3.05, 3.63) is 54.6 Å². The molecule has 1 aromatic heterocycles. The highest BCUT2D eigenvalue weighted by Crippen LogP contribution is 2.26. The summed E-state index contributed by atoms with van der Waals surface area (Å²) < 4.78 is 5.34. The predicted octanol–water partition coefficient (Wildman–Crippen LogP) is 2.53. The standard InChI is InChI=1S/C16H14BNO3/c1-17(20)13-6-2-11(3-7-13)15-10-16(21-18-15)12-4-8-14(19)9-5-12/h2-10,19-20H,1H3. The van der Waals surface area contributed by atoms with Gasteiger partial charge in [-0.15, -0.1) is 0 Å². The zero-order valence-electron chi connectivity index (χ0n) is 11.5. The van der Waals surface area contributed by atoms with Gasteiger partial charge in [-0.1, -0.05) is 36.2 Å². The van der Waals surface area contributed by atoms with Crippen LogP contribution in [0.3, 0.4) is 0 Å². The second kappa shape index (κ2) is 5.46. The fourth-order valence-corrected chi connectivity index (χ4v) is 2.11. The molecular formula is C16H14BNO3. The third kappa shape index (κ3) is 2.83. The Kier molecular flexibility index (Phi) is 3.50. The Labute approximate surface area is 122 Å². The second-order valence-electron chi connectivity index (χ2n) is 4.92. The van der Waals surface area contributed by atoms with E-state index in [0.717, 1.165) is 22.3 Å². The lowest BCUT2D eigenvalue weighted by Gasteiger charge is -2.01. The number of hydrogen-bond acceptors (Lipinski definition) is 4. The van der Waals surface area contributed by atoms with Crippen LogP contribution in [-0.4, -0.2) is 22.2 Å². The normalized spacial score (nSPS) is 10.6. The number of phenolic OH excluding ortho intramolecular Hbond substituents is 1. The molecule has 104 valence electrons. The molecule has 0 aliphatic heterocycles. The van der Waals surface area contributed by atoms with Crippen molar-refractivity contribution in [1.82, 2.24) is 5.16 Å². The average Bonchev–Trinajstić information content (AvgIpc) is 2.98. The molecule has 5 heteroatoms. The fraction of sp³-hybridized carbons (Fsp3) is 0.0625. The maximum atomic E-state index is 9.51. The minimum absolute atomic E-state index is 0.215. The van der Waals surface area contributed by atoms with Crippen molar-refractivity contribution in [3.8, 4) is 28.3 Å². The Bertz CT molecular complexity index is 733. The van der Waals surface area contributed by atoms with Gasteiger partial charge in [0.2, 0.25) is 0 Å². The molecule has 3 rings (SSSR count). The van der Waals surface area contributed by atoms with Gasteiger partial charge < -0.3 is 14.7 Å². The number of hydrogen-bond donors (Lipinski definition) is 2. The van der Waals surface area contributed by atoms with Crippen LogP contribution >= 0.6 is 0 Å². The lowest BCUT2D eigenvalue weighted by Crippen LogP contribution is -2.25. The lowest BCUT2D eigenvalue weighted by molar-refractivity contribution is 0.434.